The Labute approximate surface area is 134 Å². The number of rotatable bonds is 5. The van der Waals surface area contributed by atoms with Crippen molar-refractivity contribution in [3.05, 3.63) is 53.7 Å². The summed E-state index contributed by atoms with van der Waals surface area (Å²) in [4.78, 5) is 27.9. The van der Waals surface area contributed by atoms with Crippen molar-refractivity contribution in [2.24, 2.45) is 5.41 Å². The Morgan fingerprint density at radius 2 is 2.00 bits per heavy atom. The minimum absolute atomic E-state index is 0.175. The molecule has 118 valence electrons. The van der Waals surface area contributed by atoms with Crippen LogP contribution in [0.1, 0.15) is 28.8 Å². The molecule has 0 radical (unpaired) electrons. The monoisotopic (exact) mass is 310 g/mol. The predicted molar refractivity (Wildman–Crippen MR) is 86.0 cm³/mol. The number of aliphatic carboxylic acids is 1. The summed E-state index contributed by atoms with van der Waals surface area (Å²) in [6, 6.07) is 11.1. The Morgan fingerprint density at radius 3 is 2.61 bits per heavy atom. The van der Waals surface area contributed by atoms with Gasteiger partial charge in [-0.05, 0) is 43.5 Å². The first-order valence-electron chi connectivity index (χ1n) is 7.56. The third-order valence-electron chi connectivity index (χ3n) is 4.41. The van der Waals surface area contributed by atoms with Crippen LogP contribution in [-0.2, 0) is 4.79 Å². The third kappa shape index (κ3) is 2.95. The maximum Gasteiger partial charge on any atom is 0.311 e. The summed E-state index contributed by atoms with van der Waals surface area (Å²) in [5, 5.41) is 11.9. The fourth-order valence-corrected chi connectivity index (χ4v) is 2.64. The second kappa shape index (κ2) is 5.83. The number of nitrogens with one attached hydrogen (secondary N) is 1. The van der Waals surface area contributed by atoms with E-state index in [0.717, 1.165) is 16.8 Å². The molecule has 23 heavy (non-hydrogen) atoms. The fraction of sp³-hybridized carbons (Fsp3) is 0.278. The van der Waals surface area contributed by atoms with Crippen molar-refractivity contribution in [2.75, 3.05) is 6.54 Å². The Kier molecular flexibility index (Phi) is 3.86. The number of hydrogen-bond acceptors (Lipinski definition) is 3. The molecule has 2 aromatic rings. The Balaban J connectivity index is 1.80. The second-order valence-corrected chi connectivity index (χ2v) is 5.96. The molecule has 1 aromatic carbocycles. The summed E-state index contributed by atoms with van der Waals surface area (Å²) in [6.07, 6.45) is 2.95. The normalized spacial score (nSPS) is 15.0. The van der Waals surface area contributed by atoms with Gasteiger partial charge in [-0.1, -0.05) is 18.2 Å². The van der Waals surface area contributed by atoms with Crippen molar-refractivity contribution in [2.45, 2.75) is 19.8 Å². The molecule has 1 aliphatic rings. The first-order valence-corrected chi connectivity index (χ1v) is 7.56. The van der Waals surface area contributed by atoms with E-state index in [1.54, 1.807) is 12.3 Å². The van der Waals surface area contributed by atoms with Gasteiger partial charge in [0.1, 0.15) is 0 Å². The van der Waals surface area contributed by atoms with Gasteiger partial charge in [-0.2, -0.15) is 0 Å². The van der Waals surface area contributed by atoms with Crippen LogP contribution in [0.2, 0.25) is 0 Å². The third-order valence-corrected chi connectivity index (χ3v) is 4.41. The molecule has 1 amide bonds. The highest BCUT2D eigenvalue weighted by Crippen LogP contribution is 2.45. The molecule has 0 unspecified atom stereocenters. The van der Waals surface area contributed by atoms with E-state index < -0.39 is 11.4 Å². The van der Waals surface area contributed by atoms with E-state index >= 15 is 0 Å². The lowest BCUT2D eigenvalue weighted by Gasteiger charge is -2.14. The van der Waals surface area contributed by atoms with Gasteiger partial charge in [0.25, 0.3) is 5.91 Å². The Hall–Kier alpha value is -2.69. The van der Waals surface area contributed by atoms with Crippen molar-refractivity contribution in [1.29, 1.82) is 0 Å². The van der Waals surface area contributed by atoms with Gasteiger partial charge in [-0.3, -0.25) is 14.6 Å². The maximum absolute atomic E-state index is 12.4. The van der Waals surface area contributed by atoms with Crippen LogP contribution in [0.3, 0.4) is 0 Å². The second-order valence-electron chi connectivity index (χ2n) is 5.96. The van der Waals surface area contributed by atoms with Gasteiger partial charge in [-0.15, -0.1) is 0 Å². The zero-order chi connectivity index (χ0) is 16.4. The standard InChI is InChI=1S/C18H18N2O3/c1-12-13(15-7-2-3-10-19-15)5-4-6-14(12)16(21)20-11-18(8-9-18)17(22)23/h2-7,10H,8-9,11H2,1H3,(H,20,21)(H,22,23). The quantitative estimate of drug-likeness (QED) is 0.890. The van der Waals surface area contributed by atoms with E-state index in [2.05, 4.69) is 10.3 Å². The van der Waals surface area contributed by atoms with Crippen molar-refractivity contribution in [3.63, 3.8) is 0 Å². The molecule has 1 saturated carbocycles. The summed E-state index contributed by atoms with van der Waals surface area (Å²) in [5.74, 6) is -1.08. The van der Waals surface area contributed by atoms with Crippen molar-refractivity contribution in [3.8, 4) is 11.3 Å². The molecule has 0 bridgehead atoms. The summed E-state index contributed by atoms with van der Waals surface area (Å²) >= 11 is 0. The van der Waals surface area contributed by atoms with Gasteiger partial charge in [0.15, 0.2) is 0 Å². The molecule has 1 fully saturated rings. The summed E-state index contributed by atoms with van der Waals surface area (Å²) in [7, 11) is 0. The molecule has 2 N–H and O–H groups in total. The number of carbonyl (C=O) groups is 2. The number of hydrogen-bond donors (Lipinski definition) is 2. The molecule has 1 heterocycles. The van der Waals surface area contributed by atoms with E-state index in [4.69, 9.17) is 0 Å². The maximum atomic E-state index is 12.4. The highest BCUT2D eigenvalue weighted by atomic mass is 16.4. The predicted octanol–water partition coefficient (Wildman–Crippen LogP) is 2.65. The first kappa shape index (κ1) is 15.2. The first-order chi connectivity index (χ1) is 11.0. The number of carboxylic acids is 1. The lowest BCUT2D eigenvalue weighted by molar-refractivity contribution is -0.143. The molecule has 5 nitrogen and oxygen atoms in total. The fourth-order valence-electron chi connectivity index (χ4n) is 2.64. The van der Waals surface area contributed by atoms with Crippen LogP contribution in [-0.4, -0.2) is 28.5 Å². The van der Waals surface area contributed by atoms with Crippen LogP contribution in [0.5, 0.6) is 0 Å². The zero-order valence-corrected chi connectivity index (χ0v) is 12.9. The van der Waals surface area contributed by atoms with Crippen LogP contribution in [0.15, 0.2) is 42.6 Å². The van der Waals surface area contributed by atoms with E-state index in [0.29, 0.717) is 18.4 Å². The average Bonchev–Trinajstić information content (AvgIpc) is 3.35. The highest BCUT2D eigenvalue weighted by Gasteiger charge is 2.50. The molecule has 1 aliphatic carbocycles. The van der Waals surface area contributed by atoms with Crippen molar-refractivity contribution >= 4 is 11.9 Å². The van der Waals surface area contributed by atoms with E-state index in [9.17, 15) is 14.7 Å². The number of amides is 1. The van der Waals surface area contributed by atoms with Gasteiger partial charge in [0, 0.05) is 23.9 Å². The van der Waals surface area contributed by atoms with Crippen molar-refractivity contribution in [1.82, 2.24) is 10.3 Å². The Bertz CT molecular complexity index is 752. The largest absolute Gasteiger partial charge is 0.481 e. The molecule has 0 atom stereocenters. The van der Waals surface area contributed by atoms with Gasteiger partial charge in [0.05, 0.1) is 11.1 Å². The van der Waals surface area contributed by atoms with Gasteiger partial charge >= 0.3 is 5.97 Å². The van der Waals surface area contributed by atoms with Crippen LogP contribution >= 0.6 is 0 Å². The summed E-state index contributed by atoms with van der Waals surface area (Å²) in [5.41, 5.74) is 2.34. The molecule has 3 rings (SSSR count). The zero-order valence-electron chi connectivity index (χ0n) is 12.9. The minimum atomic E-state index is -0.836. The molecular weight excluding hydrogens is 292 g/mol. The number of nitrogens with zero attached hydrogens (tertiary/aromatic N) is 1. The number of carboxylic acid groups (broad SMARTS) is 1. The molecular formula is C18H18N2O3. The van der Waals surface area contributed by atoms with E-state index in [1.165, 1.54) is 0 Å². The molecule has 1 aromatic heterocycles. The lowest BCUT2D eigenvalue weighted by atomic mass is 9.98. The molecule has 0 aliphatic heterocycles. The highest BCUT2D eigenvalue weighted by molar-refractivity contribution is 5.97. The van der Waals surface area contributed by atoms with Crippen LogP contribution in [0.4, 0.5) is 0 Å². The van der Waals surface area contributed by atoms with E-state index in [1.807, 2.05) is 37.3 Å². The lowest BCUT2D eigenvalue weighted by Crippen LogP contribution is -2.34. The number of aromatic nitrogens is 1. The number of carbonyl (C=O) groups excluding carboxylic acids is 1. The number of pyridine rings is 1. The van der Waals surface area contributed by atoms with E-state index in [-0.39, 0.29) is 12.5 Å². The molecule has 0 saturated heterocycles. The van der Waals surface area contributed by atoms with Crippen LogP contribution < -0.4 is 5.32 Å². The smallest absolute Gasteiger partial charge is 0.311 e. The van der Waals surface area contributed by atoms with Crippen LogP contribution in [0.25, 0.3) is 11.3 Å². The Morgan fingerprint density at radius 1 is 1.22 bits per heavy atom. The van der Waals surface area contributed by atoms with Crippen molar-refractivity contribution < 1.29 is 14.7 Å². The van der Waals surface area contributed by atoms with Gasteiger partial charge in [0.2, 0.25) is 0 Å². The molecule has 0 spiro atoms. The minimum Gasteiger partial charge on any atom is -0.481 e. The van der Waals surface area contributed by atoms with Gasteiger partial charge < -0.3 is 10.4 Å². The topological polar surface area (TPSA) is 79.3 Å². The van der Waals surface area contributed by atoms with Crippen LogP contribution in [0, 0.1) is 12.3 Å². The summed E-state index contributed by atoms with van der Waals surface area (Å²) in [6.45, 7) is 2.05. The average molecular weight is 310 g/mol. The van der Waals surface area contributed by atoms with Gasteiger partial charge in [-0.25, -0.2) is 0 Å². The number of benzene rings is 1. The SMILES string of the molecule is Cc1c(C(=O)NCC2(C(=O)O)CC2)cccc1-c1ccccn1. The summed E-state index contributed by atoms with van der Waals surface area (Å²) < 4.78 is 0. The molecule has 5 heteroatoms.